The van der Waals surface area contributed by atoms with Crippen molar-refractivity contribution in [1.29, 1.82) is 0 Å². The van der Waals surface area contributed by atoms with Gasteiger partial charge in [0.25, 0.3) is 0 Å². The van der Waals surface area contributed by atoms with Crippen molar-refractivity contribution in [3.63, 3.8) is 0 Å². The molecule has 0 radical (unpaired) electrons. The number of hydrogen-bond acceptors (Lipinski definition) is 4. The molecule has 4 nitrogen and oxygen atoms in total. The van der Waals surface area contributed by atoms with Crippen LogP contribution in [0.1, 0.15) is 60.3 Å². The first kappa shape index (κ1) is 26.1. The second-order valence-electron chi connectivity index (χ2n) is 10.6. The highest BCUT2D eigenvalue weighted by atomic mass is 16.5. The van der Waals surface area contributed by atoms with Crippen LogP contribution in [0.15, 0.2) is 91.1 Å². The summed E-state index contributed by atoms with van der Waals surface area (Å²) in [5.74, 6) is 0.170. The highest BCUT2D eigenvalue weighted by molar-refractivity contribution is 5.86. The second-order valence-corrected chi connectivity index (χ2v) is 10.6. The quantitative estimate of drug-likeness (QED) is 0.261. The molecule has 1 aliphatic rings. The summed E-state index contributed by atoms with van der Waals surface area (Å²) in [6.45, 7) is 0.726. The first-order valence-corrected chi connectivity index (χ1v) is 13.6. The summed E-state index contributed by atoms with van der Waals surface area (Å²) in [5, 5.41) is 15.3. The fourth-order valence-electron chi connectivity index (χ4n) is 5.91. The Bertz CT molecular complexity index is 1410. The van der Waals surface area contributed by atoms with Crippen molar-refractivity contribution in [1.82, 2.24) is 9.88 Å². The van der Waals surface area contributed by atoms with E-state index in [-0.39, 0.29) is 5.92 Å². The van der Waals surface area contributed by atoms with Crippen LogP contribution < -0.4 is 4.74 Å². The van der Waals surface area contributed by atoms with E-state index < -0.39 is 5.60 Å². The van der Waals surface area contributed by atoms with E-state index in [2.05, 4.69) is 73.6 Å². The topological polar surface area (TPSA) is 45.6 Å². The number of fused-ring (bicyclic) bond motifs is 1. The monoisotopic (exact) mass is 506 g/mol. The van der Waals surface area contributed by atoms with E-state index in [1.165, 1.54) is 18.4 Å². The van der Waals surface area contributed by atoms with Gasteiger partial charge in [-0.3, -0.25) is 0 Å². The van der Waals surface area contributed by atoms with Gasteiger partial charge in [-0.2, -0.15) is 0 Å². The summed E-state index contributed by atoms with van der Waals surface area (Å²) in [7, 11) is 5.78. The predicted octanol–water partition coefficient (Wildman–Crippen LogP) is 7.17. The first-order chi connectivity index (χ1) is 18.5. The minimum absolute atomic E-state index is 0.388. The summed E-state index contributed by atoms with van der Waals surface area (Å²) in [5.41, 5.74) is 4.11. The SMILES string of the molecule is COc1ncc(C2=CCCCC2)cc1C(c1ccccc1)C(O)(CCN(C)C)c1cccc2ccccc12. The number of aromatic nitrogens is 1. The molecule has 196 valence electrons. The van der Waals surface area contributed by atoms with Gasteiger partial charge >= 0.3 is 0 Å². The Morgan fingerprint density at radius 3 is 2.47 bits per heavy atom. The van der Waals surface area contributed by atoms with E-state index >= 15 is 0 Å². The van der Waals surface area contributed by atoms with Crippen LogP contribution in [0.4, 0.5) is 0 Å². The maximum Gasteiger partial charge on any atom is 0.217 e. The van der Waals surface area contributed by atoms with Crippen LogP contribution >= 0.6 is 0 Å². The van der Waals surface area contributed by atoms with Gasteiger partial charge in [0, 0.05) is 24.2 Å². The van der Waals surface area contributed by atoms with Crippen molar-refractivity contribution in [2.75, 3.05) is 27.7 Å². The molecule has 0 bridgehead atoms. The molecule has 0 fully saturated rings. The second kappa shape index (κ2) is 11.5. The van der Waals surface area contributed by atoms with Crippen LogP contribution in [-0.2, 0) is 5.60 Å². The third-order valence-corrected chi connectivity index (χ3v) is 7.85. The van der Waals surface area contributed by atoms with Gasteiger partial charge in [-0.1, -0.05) is 78.9 Å². The molecule has 1 aliphatic carbocycles. The van der Waals surface area contributed by atoms with Crippen molar-refractivity contribution in [3.8, 4) is 5.88 Å². The lowest BCUT2D eigenvalue weighted by molar-refractivity contribution is 0.00515. The van der Waals surface area contributed by atoms with Crippen LogP contribution in [0.3, 0.4) is 0 Å². The number of nitrogens with zero attached hydrogens (tertiary/aromatic N) is 2. The zero-order valence-corrected chi connectivity index (χ0v) is 22.7. The van der Waals surface area contributed by atoms with E-state index in [1.54, 1.807) is 7.11 Å². The Morgan fingerprint density at radius 1 is 0.974 bits per heavy atom. The van der Waals surface area contributed by atoms with Gasteiger partial charge in [-0.15, -0.1) is 0 Å². The molecule has 5 rings (SSSR count). The van der Waals surface area contributed by atoms with Crippen LogP contribution in [0.5, 0.6) is 5.88 Å². The molecule has 1 heterocycles. The normalized spacial score (nSPS) is 16.2. The number of benzene rings is 3. The Hall–Kier alpha value is -3.47. The molecule has 0 amide bonds. The summed E-state index contributed by atoms with van der Waals surface area (Å²) in [6, 6.07) is 27.1. The van der Waals surface area contributed by atoms with E-state index in [1.807, 2.05) is 36.5 Å². The Balaban J connectivity index is 1.78. The number of ether oxygens (including phenoxy) is 1. The number of allylic oxidation sites excluding steroid dienone is 2. The largest absolute Gasteiger partial charge is 0.481 e. The molecule has 4 heteroatoms. The fourth-order valence-corrected chi connectivity index (χ4v) is 5.91. The van der Waals surface area contributed by atoms with Gasteiger partial charge in [-0.25, -0.2) is 4.98 Å². The predicted molar refractivity (Wildman–Crippen MR) is 157 cm³/mol. The molecular formula is C34H38N2O2. The van der Waals surface area contributed by atoms with Gasteiger partial charge < -0.3 is 14.7 Å². The Labute approximate surface area is 226 Å². The molecule has 0 saturated heterocycles. The Kier molecular flexibility index (Phi) is 7.92. The molecule has 3 aromatic carbocycles. The van der Waals surface area contributed by atoms with Crippen molar-refractivity contribution in [2.45, 2.75) is 43.6 Å². The van der Waals surface area contributed by atoms with Crippen LogP contribution in [0.25, 0.3) is 16.3 Å². The van der Waals surface area contributed by atoms with Gasteiger partial charge in [0.2, 0.25) is 5.88 Å². The van der Waals surface area contributed by atoms with Gasteiger partial charge in [0.05, 0.1) is 7.11 Å². The lowest BCUT2D eigenvalue weighted by Crippen LogP contribution is -2.38. The van der Waals surface area contributed by atoms with Crippen LogP contribution in [-0.4, -0.2) is 42.7 Å². The molecular weight excluding hydrogens is 468 g/mol. The fraction of sp³-hybridized carbons (Fsp3) is 0.324. The first-order valence-electron chi connectivity index (χ1n) is 13.6. The van der Waals surface area contributed by atoms with Gasteiger partial charge in [-0.05, 0) is 85.3 Å². The van der Waals surface area contributed by atoms with Crippen LogP contribution in [0.2, 0.25) is 0 Å². The molecule has 0 aliphatic heterocycles. The maximum atomic E-state index is 13.1. The number of methoxy groups -OCH3 is 1. The molecule has 2 atom stereocenters. The third-order valence-electron chi connectivity index (χ3n) is 7.85. The standard InChI is InChI=1S/C34H38N2O2/c1-36(2)22-21-34(37,31-20-12-18-26-15-10-11-19-29(26)31)32(27-16-8-5-9-17-27)30-23-28(24-35-33(30)38-3)25-13-6-4-7-14-25/h5,8-13,15-20,23-24,32,37H,4,6-7,14,21-22H2,1-3H3. The van der Waals surface area contributed by atoms with Crippen LogP contribution in [0, 0.1) is 0 Å². The third kappa shape index (κ3) is 5.24. The minimum Gasteiger partial charge on any atom is -0.481 e. The molecule has 4 aromatic rings. The Morgan fingerprint density at radius 2 is 1.74 bits per heavy atom. The number of rotatable bonds is 9. The van der Waals surface area contributed by atoms with E-state index in [0.29, 0.717) is 12.3 Å². The number of pyridine rings is 1. The number of hydrogen-bond donors (Lipinski definition) is 1. The smallest absolute Gasteiger partial charge is 0.217 e. The molecule has 2 unspecified atom stereocenters. The minimum atomic E-state index is -1.22. The highest BCUT2D eigenvalue weighted by Crippen LogP contribution is 2.49. The van der Waals surface area contributed by atoms with Crippen molar-refractivity contribution in [3.05, 3.63) is 113 Å². The van der Waals surface area contributed by atoms with E-state index in [9.17, 15) is 5.11 Å². The summed E-state index contributed by atoms with van der Waals surface area (Å²) in [6.07, 6.45) is 9.40. The molecule has 38 heavy (non-hydrogen) atoms. The molecule has 1 N–H and O–H groups in total. The van der Waals surface area contributed by atoms with Crippen molar-refractivity contribution in [2.24, 2.45) is 0 Å². The molecule has 1 aromatic heterocycles. The average Bonchev–Trinajstić information content (AvgIpc) is 2.97. The number of aliphatic hydroxyl groups is 1. The maximum absolute atomic E-state index is 13.1. The van der Waals surface area contributed by atoms with Gasteiger partial charge in [0.15, 0.2) is 0 Å². The molecule has 0 saturated carbocycles. The van der Waals surface area contributed by atoms with Crippen molar-refractivity contribution >= 4 is 16.3 Å². The zero-order chi connectivity index (χ0) is 26.5. The summed E-state index contributed by atoms with van der Waals surface area (Å²) < 4.78 is 5.88. The van der Waals surface area contributed by atoms with E-state index in [4.69, 9.17) is 9.72 Å². The lowest BCUT2D eigenvalue weighted by Gasteiger charge is -2.39. The average molecular weight is 507 g/mol. The lowest BCUT2D eigenvalue weighted by atomic mass is 9.70. The molecule has 0 spiro atoms. The summed E-state index contributed by atoms with van der Waals surface area (Å²) >= 11 is 0. The summed E-state index contributed by atoms with van der Waals surface area (Å²) in [4.78, 5) is 6.93. The van der Waals surface area contributed by atoms with Gasteiger partial charge in [0.1, 0.15) is 5.60 Å². The highest BCUT2D eigenvalue weighted by Gasteiger charge is 2.43. The van der Waals surface area contributed by atoms with E-state index in [0.717, 1.165) is 52.4 Å². The zero-order valence-electron chi connectivity index (χ0n) is 22.7. The van der Waals surface area contributed by atoms with Crippen molar-refractivity contribution < 1.29 is 9.84 Å².